The molecule has 5 aromatic carbocycles. The largest absolute Gasteiger partial charge is 0.444 e. The van der Waals surface area contributed by atoms with Crippen molar-refractivity contribution >= 4 is 51.4 Å². The fourth-order valence-corrected chi connectivity index (χ4v) is 7.61. The molecule has 0 saturated carbocycles. The van der Waals surface area contributed by atoms with E-state index in [0.29, 0.717) is 41.6 Å². The van der Waals surface area contributed by atoms with Gasteiger partial charge in [-0.15, -0.1) is 11.3 Å². The molecular formula is C42H34FN5O4S. The second kappa shape index (κ2) is 14.4. The molecule has 9 nitrogen and oxygen atoms in total. The summed E-state index contributed by atoms with van der Waals surface area (Å²) < 4.78 is 19.7. The van der Waals surface area contributed by atoms with Crippen LogP contribution in [-0.2, 0) is 29.0 Å². The molecule has 0 unspecified atom stereocenters. The summed E-state index contributed by atoms with van der Waals surface area (Å²) in [5.74, 6) is -1.37. The number of benzene rings is 5. The predicted octanol–water partition coefficient (Wildman–Crippen LogP) is 8.48. The Kier molecular flexibility index (Phi) is 9.15. The zero-order valence-electron chi connectivity index (χ0n) is 28.6. The van der Waals surface area contributed by atoms with Gasteiger partial charge in [0.1, 0.15) is 19.0 Å². The number of nitrogen functional groups attached to an aromatic ring is 1. The standard InChI is InChI=1S/C42H34FN5O4S/c43-31-14-10-27(11-15-31)40(50)48(23-39(49)45-32-16-12-26(13-17-32)37-25-53-41(44)46-37)33-18-19-38-29(21-33)7-4-20-47(38)42(51)52-24-30-6-3-9-35-34-8-2-1-5-28(34)22-36(30)35/h1-3,5-6,8-19,21,25H,4,7,20,22-24H2,(H2,44,46)(H,45,49). The Labute approximate surface area is 309 Å². The predicted molar refractivity (Wildman–Crippen MR) is 206 cm³/mol. The zero-order valence-corrected chi connectivity index (χ0v) is 29.4. The van der Waals surface area contributed by atoms with Gasteiger partial charge in [0.2, 0.25) is 5.91 Å². The number of amides is 3. The minimum absolute atomic E-state index is 0.150. The van der Waals surface area contributed by atoms with E-state index >= 15 is 0 Å². The van der Waals surface area contributed by atoms with Gasteiger partial charge >= 0.3 is 6.09 Å². The summed E-state index contributed by atoms with van der Waals surface area (Å²) in [6, 6.07) is 32.2. The van der Waals surface area contributed by atoms with Crippen molar-refractivity contribution in [2.45, 2.75) is 25.9 Å². The molecule has 3 amide bonds. The van der Waals surface area contributed by atoms with E-state index < -0.39 is 23.7 Å². The number of aryl methyl sites for hydroxylation is 1. The van der Waals surface area contributed by atoms with Crippen LogP contribution < -0.4 is 20.9 Å². The first kappa shape index (κ1) is 33.8. The van der Waals surface area contributed by atoms with Gasteiger partial charge in [-0.1, -0.05) is 54.6 Å². The Bertz CT molecular complexity index is 2360. The molecule has 0 bridgehead atoms. The molecule has 1 aromatic heterocycles. The minimum Gasteiger partial charge on any atom is -0.444 e. The molecule has 8 rings (SSSR count). The van der Waals surface area contributed by atoms with Crippen LogP contribution in [0.5, 0.6) is 0 Å². The number of hydrogen-bond donors (Lipinski definition) is 2. The number of nitrogens with zero attached hydrogens (tertiary/aromatic N) is 3. The van der Waals surface area contributed by atoms with Gasteiger partial charge in [-0.3, -0.25) is 19.4 Å². The van der Waals surface area contributed by atoms with Gasteiger partial charge in [0.25, 0.3) is 5.91 Å². The van der Waals surface area contributed by atoms with Crippen molar-refractivity contribution in [3.05, 3.63) is 148 Å². The van der Waals surface area contributed by atoms with E-state index in [9.17, 15) is 18.8 Å². The molecule has 11 heteroatoms. The first-order chi connectivity index (χ1) is 25.8. The second-order valence-electron chi connectivity index (χ2n) is 13.0. The first-order valence-electron chi connectivity index (χ1n) is 17.3. The highest BCUT2D eigenvalue weighted by Crippen LogP contribution is 2.39. The molecular weight excluding hydrogens is 690 g/mol. The molecule has 53 heavy (non-hydrogen) atoms. The van der Waals surface area contributed by atoms with Gasteiger partial charge in [0, 0.05) is 34.4 Å². The number of ether oxygens (including phenoxy) is 1. The number of hydrogen-bond acceptors (Lipinski definition) is 7. The molecule has 0 saturated heterocycles. The average Bonchev–Trinajstić information content (AvgIpc) is 3.79. The normalized spacial score (nSPS) is 12.7. The average molecular weight is 724 g/mol. The van der Waals surface area contributed by atoms with Crippen LogP contribution in [0.4, 0.5) is 31.4 Å². The highest BCUT2D eigenvalue weighted by Gasteiger charge is 2.28. The van der Waals surface area contributed by atoms with Crippen molar-refractivity contribution in [3.8, 4) is 22.4 Å². The number of carbonyl (C=O) groups is 3. The number of carbonyl (C=O) groups excluding carboxylic acids is 3. The lowest BCUT2D eigenvalue weighted by molar-refractivity contribution is -0.114. The number of thiazole rings is 1. The molecule has 6 aromatic rings. The smallest absolute Gasteiger partial charge is 0.414 e. The van der Waals surface area contributed by atoms with Gasteiger partial charge in [-0.2, -0.15) is 0 Å². The summed E-state index contributed by atoms with van der Waals surface area (Å²) in [4.78, 5) is 48.2. The Morgan fingerprint density at radius 1 is 0.906 bits per heavy atom. The van der Waals surface area contributed by atoms with E-state index in [4.69, 9.17) is 10.5 Å². The van der Waals surface area contributed by atoms with E-state index in [0.717, 1.165) is 28.8 Å². The highest BCUT2D eigenvalue weighted by atomic mass is 32.1. The van der Waals surface area contributed by atoms with Crippen LogP contribution in [0.2, 0.25) is 0 Å². The fourth-order valence-electron chi connectivity index (χ4n) is 7.03. The highest BCUT2D eigenvalue weighted by molar-refractivity contribution is 7.13. The second-order valence-corrected chi connectivity index (χ2v) is 13.9. The minimum atomic E-state index is -0.475. The van der Waals surface area contributed by atoms with E-state index in [1.165, 1.54) is 62.8 Å². The van der Waals surface area contributed by atoms with Crippen LogP contribution in [0.3, 0.4) is 0 Å². The zero-order chi connectivity index (χ0) is 36.5. The Morgan fingerprint density at radius 3 is 2.49 bits per heavy atom. The summed E-state index contributed by atoms with van der Waals surface area (Å²) >= 11 is 1.35. The monoisotopic (exact) mass is 723 g/mol. The number of nitrogens with two attached hydrogens (primary N) is 1. The van der Waals surface area contributed by atoms with Crippen molar-refractivity contribution in [2.24, 2.45) is 0 Å². The van der Waals surface area contributed by atoms with Gasteiger partial charge in [0.15, 0.2) is 5.13 Å². The first-order valence-corrected chi connectivity index (χ1v) is 18.1. The van der Waals surface area contributed by atoms with Gasteiger partial charge in [-0.05, 0) is 107 Å². The third-order valence-corrected chi connectivity index (χ3v) is 10.3. The molecule has 2 aliphatic rings. The van der Waals surface area contributed by atoms with Crippen molar-refractivity contribution in [1.82, 2.24) is 4.98 Å². The van der Waals surface area contributed by atoms with Crippen molar-refractivity contribution in [1.29, 1.82) is 0 Å². The molecule has 0 radical (unpaired) electrons. The Hall–Kier alpha value is -6.33. The van der Waals surface area contributed by atoms with Crippen molar-refractivity contribution < 1.29 is 23.5 Å². The summed E-state index contributed by atoms with van der Waals surface area (Å²) in [5.41, 5.74) is 16.0. The van der Waals surface area contributed by atoms with Gasteiger partial charge in [-0.25, -0.2) is 14.2 Å². The Morgan fingerprint density at radius 2 is 1.70 bits per heavy atom. The van der Waals surface area contributed by atoms with E-state index in [2.05, 4.69) is 28.5 Å². The van der Waals surface area contributed by atoms with Gasteiger partial charge in [0.05, 0.1) is 11.4 Å². The number of nitrogens with one attached hydrogen (secondary N) is 1. The lowest BCUT2D eigenvalue weighted by Crippen LogP contribution is -2.39. The van der Waals surface area contributed by atoms with Crippen LogP contribution in [0, 0.1) is 5.82 Å². The summed E-state index contributed by atoms with van der Waals surface area (Å²) in [6.07, 6.45) is 1.71. The molecule has 264 valence electrons. The van der Waals surface area contributed by atoms with Crippen LogP contribution in [0.1, 0.15) is 39.0 Å². The van der Waals surface area contributed by atoms with Crippen LogP contribution in [0.15, 0.2) is 115 Å². The van der Waals surface area contributed by atoms with Crippen LogP contribution in [-0.4, -0.2) is 36.0 Å². The molecule has 1 aliphatic heterocycles. The maximum Gasteiger partial charge on any atom is 0.414 e. The number of rotatable bonds is 8. The maximum absolute atomic E-state index is 13.9. The molecule has 1 aliphatic carbocycles. The SMILES string of the molecule is Nc1nc(-c2ccc(NC(=O)CN(C(=O)c3ccc(F)cc3)c3ccc4c(c3)CCCN4C(=O)OCc3cccc4c3Cc3ccccc3-4)cc2)cs1. The summed E-state index contributed by atoms with van der Waals surface area (Å²) in [6.45, 7) is 0.326. The molecule has 0 spiro atoms. The third kappa shape index (κ3) is 6.98. The lowest BCUT2D eigenvalue weighted by Gasteiger charge is -2.30. The van der Waals surface area contributed by atoms with E-state index in [-0.39, 0.29) is 18.7 Å². The fraction of sp³-hybridized carbons (Fsp3) is 0.143. The lowest BCUT2D eigenvalue weighted by atomic mass is 10.0. The van der Waals surface area contributed by atoms with Crippen LogP contribution in [0.25, 0.3) is 22.4 Å². The molecule has 3 N–H and O–H groups in total. The van der Waals surface area contributed by atoms with Crippen molar-refractivity contribution in [2.75, 3.05) is 33.9 Å². The van der Waals surface area contributed by atoms with Crippen molar-refractivity contribution in [3.63, 3.8) is 0 Å². The topological polar surface area (TPSA) is 118 Å². The third-order valence-electron chi connectivity index (χ3n) is 9.64. The number of halogens is 1. The summed E-state index contributed by atoms with van der Waals surface area (Å²) in [5, 5.41) is 5.20. The molecule has 0 fully saturated rings. The number of fused-ring (bicyclic) bond motifs is 4. The van der Waals surface area contributed by atoms with Gasteiger partial charge < -0.3 is 15.8 Å². The number of anilines is 4. The van der Waals surface area contributed by atoms with E-state index in [1.54, 1.807) is 29.2 Å². The molecule has 0 atom stereocenters. The number of aromatic nitrogens is 1. The Balaban J connectivity index is 0.999. The quantitative estimate of drug-likeness (QED) is 0.163. The summed E-state index contributed by atoms with van der Waals surface area (Å²) in [7, 11) is 0. The van der Waals surface area contributed by atoms with Crippen LogP contribution >= 0.6 is 11.3 Å². The molecule has 2 heterocycles. The van der Waals surface area contributed by atoms with E-state index in [1.807, 2.05) is 47.8 Å². The maximum atomic E-state index is 13.9.